The highest BCUT2D eigenvalue weighted by molar-refractivity contribution is 6.22. The van der Waals surface area contributed by atoms with Gasteiger partial charge in [-0.2, -0.15) is 0 Å². The van der Waals surface area contributed by atoms with Crippen LogP contribution in [0.1, 0.15) is 40.5 Å². The number of hydrogen-bond donors (Lipinski definition) is 1. The average Bonchev–Trinajstić information content (AvgIpc) is 2.90. The molecule has 0 aromatic heterocycles. The number of nitrogen functional groups attached to an aromatic ring is 1. The number of carbonyl (C=O) groups excluding carboxylic acids is 2. The molecule has 2 aliphatic rings. The zero-order chi connectivity index (χ0) is 11.5. The van der Waals surface area contributed by atoms with Crippen molar-refractivity contribution in [3.05, 3.63) is 29.3 Å². The molecule has 0 bridgehead atoms. The third-order valence-electron chi connectivity index (χ3n) is 3.42. The maximum absolute atomic E-state index is 12.1. The van der Waals surface area contributed by atoms with Crippen molar-refractivity contribution in [1.82, 2.24) is 4.90 Å². The van der Waals surface area contributed by atoms with Crippen LogP contribution in [-0.2, 0) is 0 Å². The first kappa shape index (κ1) is 9.39. The first-order chi connectivity index (χ1) is 7.53. The van der Waals surface area contributed by atoms with Crippen LogP contribution in [0.3, 0.4) is 0 Å². The van der Waals surface area contributed by atoms with E-state index in [1.807, 2.05) is 6.92 Å². The Balaban J connectivity index is 2.13. The van der Waals surface area contributed by atoms with E-state index in [1.165, 1.54) is 4.90 Å². The highest BCUT2D eigenvalue weighted by Crippen LogP contribution is 2.45. The highest BCUT2D eigenvalue weighted by Gasteiger charge is 2.52. The Morgan fingerprint density at radius 1 is 1.19 bits per heavy atom. The maximum atomic E-state index is 12.1. The fraction of sp³-hybridized carbons (Fsp3) is 0.333. The van der Waals surface area contributed by atoms with Crippen LogP contribution in [0.2, 0.25) is 0 Å². The van der Waals surface area contributed by atoms with E-state index in [0.717, 1.165) is 12.8 Å². The zero-order valence-electron chi connectivity index (χ0n) is 8.99. The molecule has 4 nitrogen and oxygen atoms in total. The molecule has 1 aromatic carbocycles. The Kier molecular flexibility index (Phi) is 1.55. The van der Waals surface area contributed by atoms with Crippen LogP contribution >= 0.6 is 0 Å². The molecule has 2 N–H and O–H groups in total. The predicted octanol–water partition coefficient (Wildman–Crippen LogP) is 1.42. The standard InChI is InChI=1S/C12H12N2O2/c1-12(4-5-12)14-10(15)8-3-2-7(13)6-9(8)11(14)16/h2-3,6H,4-5,13H2,1H3. The van der Waals surface area contributed by atoms with E-state index in [4.69, 9.17) is 5.73 Å². The molecule has 1 aliphatic heterocycles. The van der Waals surface area contributed by atoms with Gasteiger partial charge >= 0.3 is 0 Å². The van der Waals surface area contributed by atoms with E-state index in [-0.39, 0.29) is 17.4 Å². The van der Waals surface area contributed by atoms with Gasteiger partial charge in [0.25, 0.3) is 11.8 Å². The predicted molar refractivity (Wildman–Crippen MR) is 59.0 cm³/mol. The number of hydrogen-bond acceptors (Lipinski definition) is 3. The summed E-state index contributed by atoms with van der Waals surface area (Å²) < 4.78 is 0. The molecule has 1 heterocycles. The van der Waals surface area contributed by atoms with Crippen LogP contribution in [-0.4, -0.2) is 22.3 Å². The second-order valence-electron chi connectivity index (χ2n) is 4.75. The van der Waals surface area contributed by atoms with Gasteiger partial charge in [0.2, 0.25) is 0 Å². The summed E-state index contributed by atoms with van der Waals surface area (Å²) in [6.07, 6.45) is 1.79. The van der Waals surface area contributed by atoms with Gasteiger partial charge in [-0.1, -0.05) is 0 Å². The van der Waals surface area contributed by atoms with Crippen LogP contribution in [0.5, 0.6) is 0 Å². The minimum Gasteiger partial charge on any atom is -0.399 e. The fourth-order valence-electron chi connectivity index (χ4n) is 2.15. The molecule has 1 fully saturated rings. The summed E-state index contributed by atoms with van der Waals surface area (Å²) in [5.41, 5.74) is 6.80. The summed E-state index contributed by atoms with van der Waals surface area (Å²) in [6.45, 7) is 1.94. The van der Waals surface area contributed by atoms with Gasteiger partial charge in [0.05, 0.1) is 11.1 Å². The summed E-state index contributed by atoms with van der Waals surface area (Å²) >= 11 is 0. The van der Waals surface area contributed by atoms with Gasteiger partial charge in [-0.15, -0.1) is 0 Å². The number of amides is 2. The number of nitrogens with two attached hydrogens (primary N) is 1. The summed E-state index contributed by atoms with van der Waals surface area (Å²) in [5, 5.41) is 0. The van der Waals surface area contributed by atoms with Crippen molar-refractivity contribution in [1.29, 1.82) is 0 Å². The Bertz CT molecular complexity index is 518. The minimum atomic E-state index is -0.262. The lowest BCUT2D eigenvalue weighted by molar-refractivity contribution is 0.0575. The number of rotatable bonds is 1. The SMILES string of the molecule is CC1(N2C(=O)c3ccc(N)cc3C2=O)CC1. The maximum Gasteiger partial charge on any atom is 0.262 e. The van der Waals surface area contributed by atoms with Gasteiger partial charge in [0, 0.05) is 11.2 Å². The number of fused-ring (bicyclic) bond motifs is 1. The van der Waals surface area contributed by atoms with Gasteiger partial charge in [0.1, 0.15) is 0 Å². The summed E-state index contributed by atoms with van der Waals surface area (Å²) in [4.78, 5) is 25.6. The molecule has 0 radical (unpaired) electrons. The van der Waals surface area contributed by atoms with Gasteiger partial charge in [-0.25, -0.2) is 0 Å². The second-order valence-corrected chi connectivity index (χ2v) is 4.75. The molecule has 0 atom stereocenters. The lowest BCUT2D eigenvalue weighted by atomic mass is 10.1. The van der Waals surface area contributed by atoms with E-state index in [0.29, 0.717) is 16.8 Å². The number of anilines is 1. The number of benzene rings is 1. The third-order valence-corrected chi connectivity index (χ3v) is 3.42. The van der Waals surface area contributed by atoms with Crippen molar-refractivity contribution in [3.8, 4) is 0 Å². The lowest BCUT2D eigenvalue weighted by Crippen LogP contribution is -2.39. The zero-order valence-corrected chi connectivity index (χ0v) is 8.99. The largest absolute Gasteiger partial charge is 0.399 e. The quantitative estimate of drug-likeness (QED) is 0.570. The Morgan fingerprint density at radius 2 is 1.81 bits per heavy atom. The topological polar surface area (TPSA) is 63.4 Å². The molecule has 0 saturated heterocycles. The van der Waals surface area contributed by atoms with Crippen molar-refractivity contribution in [2.45, 2.75) is 25.3 Å². The van der Waals surface area contributed by atoms with Gasteiger partial charge in [-0.05, 0) is 38.0 Å². The van der Waals surface area contributed by atoms with Crippen LogP contribution < -0.4 is 5.73 Å². The van der Waals surface area contributed by atoms with Crippen LogP contribution in [0, 0.1) is 0 Å². The van der Waals surface area contributed by atoms with Crippen molar-refractivity contribution in [2.24, 2.45) is 0 Å². The molecule has 2 amide bonds. The molecule has 82 valence electrons. The summed E-state index contributed by atoms with van der Waals surface area (Å²) in [7, 11) is 0. The van der Waals surface area contributed by atoms with Crippen molar-refractivity contribution in [2.75, 3.05) is 5.73 Å². The molecular formula is C12H12N2O2. The Morgan fingerprint density at radius 3 is 2.44 bits per heavy atom. The molecule has 1 saturated carbocycles. The van der Waals surface area contributed by atoms with Crippen LogP contribution in [0.25, 0.3) is 0 Å². The number of nitrogens with zero attached hydrogens (tertiary/aromatic N) is 1. The van der Waals surface area contributed by atoms with Gasteiger partial charge in [-0.3, -0.25) is 14.5 Å². The Labute approximate surface area is 93.0 Å². The van der Waals surface area contributed by atoms with E-state index >= 15 is 0 Å². The number of carbonyl (C=O) groups is 2. The van der Waals surface area contributed by atoms with Crippen LogP contribution in [0.4, 0.5) is 5.69 Å². The van der Waals surface area contributed by atoms with E-state index in [1.54, 1.807) is 18.2 Å². The Hall–Kier alpha value is -1.84. The second kappa shape index (κ2) is 2.64. The molecule has 16 heavy (non-hydrogen) atoms. The molecule has 1 aliphatic carbocycles. The van der Waals surface area contributed by atoms with E-state index in [2.05, 4.69) is 0 Å². The molecule has 0 unspecified atom stereocenters. The third kappa shape index (κ3) is 1.04. The monoisotopic (exact) mass is 216 g/mol. The van der Waals surface area contributed by atoms with Crippen molar-refractivity contribution >= 4 is 17.5 Å². The summed E-state index contributed by atoms with van der Waals surface area (Å²) in [5.74, 6) is -0.382. The van der Waals surface area contributed by atoms with Gasteiger partial charge in [0.15, 0.2) is 0 Å². The molecular weight excluding hydrogens is 204 g/mol. The lowest BCUT2D eigenvalue weighted by Gasteiger charge is -2.21. The summed E-state index contributed by atoms with van der Waals surface area (Å²) in [6, 6.07) is 4.88. The van der Waals surface area contributed by atoms with E-state index < -0.39 is 0 Å². The van der Waals surface area contributed by atoms with Crippen molar-refractivity contribution in [3.63, 3.8) is 0 Å². The van der Waals surface area contributed by atoms with Crippen LogP contribution in [0.15, 0.2) is 18.2 Å². The first-order valence-corrected chi connectivity index (χ1v) is 5.31. The van der Waals surface area contributed by atoms with Gasteiger partial charge < -0.3 is 5.73 Å². The molecule has 0 spiro atoms. The molecule has 4 heteroatoms. The molecule has 1 aromatic rings. The smallest absolute Gasteiger partial charge is 0.262 e. The van der Waals surface area contributed by atoms with Crippen molar-refractivity contribution < 1.29 is 9.59 Å². The highest BCUT2D eigenvalue weighted by atomic mass is 16.2. The minimum absolute atomic E-state index is 0.181. The average molecular weight is 216 g/mol. The normalized spacial score (nSPS) is 21.2. The fourth-order valence-corrected chi connectivity index (χ4v) is 2.15. The van der Waals surface area contributed by atoms with E-state index in [9.17, 15) is 9.59 Å². The first-order valence-electron chi connectivity index (χ1n) is 5.31. The number of imide groups is 1. The molecule has 3 rings (SSSR count).